The lowest BCUT2D eigenvalue weighted by atomic mass is 9.68. The first-order chi connectivity index (χ1) is 12.1. The predicted molar refractivity (Wildman–Crippen MR) is 102 cm³/mol. The number of carbonyl (C=O) groups excluding carboxylic acids is 1. The fourth-order valence-electron chi connectivity index (χ4n) is 4.91. The highest BCUT2D eigenvalue weighted by Crippen LogP contribution is 2.57. The van der Waals surface area contributed by atoms with Crippen molar-refractivity contribution < 1.29 is 9.90 Å². The van der Waals surface area contributed by atoms with Crippen molar-refractivity contribution in [2.24, 2.45) is 9.98 Å². The lowest BCUT2D eigenvalue weighted by Crippen LogP contribution is -2.45. The van der Waals surface area contributed by atoms with E-state index in [4.69, 9.17) is 4.99 Å². The monoisotopic (exact) mass is 415 g/mol. The number of fused-ring (bicyclic) bond motifs is 3. The lowest BCUT2D eigenvalue weighted by Gasteiger charge is -2.38. The molecule has 6 rings (SSSR count). The summed E-state index contributed by atoms with van der Waals surface area (Å²) < 4.78 is 0.654. The van der Waals surface area contributed by atoms with Crippen molar-refractivity contribution in [3.05, 3.63) is 26.7 Å². The molecule has 1 saturated heterocycles. The molecule has 1 aromatic rings. The number of benzene rings is 1. The first kappa shape index (κ1) is 14.6. The Labute approximate surface area is 156 Å². The molecule has 7 heteroatoms. The molecule has 5 aliphatic rings. The number of halogens is 1. The van der Waals surface area contributed by atoms with Gasteiger partial charge in [0.25, 0.3) is 0 Å². The van der Waals surface area contributed by atoms with Gasteiger partial charge in [-0.15, -0.1) is 11.8 Å². The summed E-state index contributed by atoms with van der Waals surface area (Å²) in [6.07, 6.45) is 6.25. The van der Waals surface area contributed by atoms with Gasteiger partial charge in [0.2, 0.25) is 0 Å². The maximum absolute atomic E-state index is 12.3. The Kier molecular flexibility index (Phi) is 2.66. The van der Waals surface area contributed by atoms with Gasteiger partial charge in [0, 0.05) is 40.6 Å². The normalized spacial score (nSPS) is 33.2. The molecule has 0 aromatic heterocycles. The van der Waals surface area contributed by atoms with Gasteiger partial charge in [0.15, 0.2) is 11.5 Å². The summed E-state index contributed by atoms with van der Waals surface area (Å²) in [4.78, 5) is 21.6. The van der Waals surface area contributed by atoms with Crippen LogP contribution in [0, 0.1) is 0 Å². The molecule has 126 valence electrons. The summed E-state index contributed by atoms with van der Waals surface area (Å²) in [6.45, 7) is 0.853. The van der Waals surface area contributed by atoms with E-state index < -0.39 is 0 Å². The van der Waals surface area contributed by atoms with Crippen molar-refractivity contribution in [2.75, 3.05) is 11.9 Å². The second-order valence-corrected chi connectivity index (χ2v) is 9.44. The molecule has 2 bridgehead atoms. The highest BCUT2D eigenvalue weighted by Gasteiger charge is 2.55. The average molecular weight is 416 g/mol. The minimum Gasteiger partial charge on any atom is -0.504 e. The SMILES string of the molecule is O=C1C[C@@H]2S[C@H]3C[C@]2(C=C1Br)c1c2c4c(c(O)c1=N3)N=CC=4CCN2. The number of rotatable bonds is 0. The van der Waals surface area contributed by atoms with E-state index in [1.54, 1.807) is 11.8 Å². The van der Waals surface area contributed by atoms with Gasteiger partial charge in [-0.05, 0) is 34.3 Å². The Morgan fingerprint density at radius 1 is 1.44 bits per heavy atom. The molecule has 0 unspecified atom stereocenters. The van der Waals surface area contributed by atoms with Crippen LogP contribution in [-0.4, -0.2) is 34.3 Å². The first-order valence-electron chi connectivity index (χ1n) is 8.44. The second-order valence-electron chi connectivity index (χ2n) is 7.20. The molecule has 3 atom stereocenters. The number of aliphatic imine (C=N–C) groups is 1. The Balaban J connectivity index is 1.79. The molecule has 25 heavy (non-hydrogen) atoms. The number of ketones is 1. The highest BCUT2D eigenvalue weighted by molar-refractivity contribution is 9.12. The smallest absolute Gasteiger partial charge is 0.170 e. The number of hydrogen-bond donors (Lipinski definition) is 2. The number of phenols is 1. The summed E-state index contributed by atoms with van der Waals surface area (Å²) >= 11 is 5.24. The summed E-state index contributed by atoms with van der Waals surface area (Å²) in [5.41, 5.74) is 3.68. The molecule has 5 nitrogen and oxygen atoms in total. The van der Waals surface area contributed by atoms with Gasteiger partial charge in [-0.3, -0.25) is 14.8 Å². The quantitative estimate of drug-likeness (QED) is 0.635. The third-order valence-electron chi connectivity index (χ3n) is 5.96. The minimum atomic E-state index is -0.265. The molecule has 0 radical (unpaired) electrons. The van der Waals surface area contributed by atoms with E-state index in [0.29, 0.717) is 21.9 Å². The predicted octanol–water partition coefficient (Wildman–Crippen LogP) is 2.03. The number of nitrogens with one attached hydrogen (secondary N) is 1. The van der Waals surface area contributed by atoms with Crippen molar-refractivity contribution in [3.8, 4) is 5.75 Å². The van der Waals surface area contributed by atoms with Crippen LogP contribution in [0.15, 0.2) is 20.5 Å². The maximum atomic E-state index is 12.3. The lowest BCUT2D eigenvalue weighted by molar-refractivity contribution is -0.115. The van der Waals surface area contributed by atoms with Crippen LogP contribution in [0.2, 0.25) is 0 Å². The number of phenolic OH excluding ortho intramolecular Hbond substituents is 1. The number of allylic oxidation sites excluding steroid dienone is 2. The molecule has 1 aliphatic carbocycles. The highest BCUT2D eigenvalue weighted by atomic mass is 79.9. The van der Waals surface area contributed by atoms with Crippen molar-refractivity contribution in [3.63, 3.8) is 0 Å². The fraction of sp³-hybridized carbons (Fsp3) is 0.389. The number of Topliss-reactive ketones (excluding diaryl/α,β-unsaturated/α-hetero) is 1. The van der Waals surface area contributed by atoms with Gasteiger partial charge in [0.05, 0.1) is 15.5 Å². The van der Waals surface area contributed by atoms with Crippen LogP contribution in [-0.2, 0) is 10.2 Å². The van der Waals surface area contributed by atoms with Gasteiger partial charge in [-0.2, -0.15) is 0 Å². The minimum absolute atomic E-state index is 0.0773. The van der Waals surface area contributed by atoms with Gasteiger partial charge in [-0.25, -0.2) is 0 Å². The Hall–Kier alpha value is -1.60. The molecule has 2 N–H and O–H groups in total. The van der Waals surface area contributed by atoms with Crippen LogP contribution in [0.25, 0.3) is 5.57 Å². The molecule has 4 aliphatic heterocycles. The van der Waals surface area contributed by atoms with Crippen molar-refractivity contribution in [1.82, 2.24) is 0 Å². The van der Waals surface area contributed by atoms with Crippen molar-refractivity contribution in [1.29, 1.82) is 0 Å². The number of carbonyl (C=O) groups is 1. The zero-order valence-corrected chi connectivity index (χ0v) is 15.6. The van der Waals surface area contributed by atoms with E-state index in [-0.39, 0.29) is 27.6 Å². The van der Waals surface area contributed by atoms with Crippen LogP contribution in [0.1, 0.15) is 24.8 Å². The summed E-state index contributed by atoms with van der Waals surface area (Å²) in [5.74, 6) is 0.343. The Bertz CT molecular complexity index is 1080. The van der Waals surface area contributed by atoms with Gasteiger partial charge in [-0.1, -0.05) is 6.08 Å². The number of nitrogens with zero attached hydrogens (tertiary/aromatic N) is 2. The molecule has 1 fully saturated rings. The Morgan fingerprint density at radius 3 is 3.20 bits per heavy atom. The number of thioether (sulfide) groups is 1. The van der Waals surface area contributed by atoms with Gasteiger partial charge < -0.3 is 10.4 Å². The second kappa shape index (κ2) is 4.57. The standard InChI is InChI=1S/C18H14BrN3O2S/c19-8-4-18-5-11(25-10(18)3-9(8)23)22-16-13(18)14-12-7(1-2-20-14)6-21-15(12)17(16)24/h4,6,10-11,20,24H,1-3,5H2/t10-,11-,18-/m0/s1. The third kappa shape index (κ3) is 1.64. The van der Waals surface area contributed by atoms with Gasteiger partial charge in [0.1, 0.15) is 11.0 Å². The number of aromatic hydroxyl groups is 1. The van der Waals surface area contributed by atoms with Crippen LogP contribution < -0.4 is 15.9 Å². The third-order valence-corrected chi connectivity index (χ3v) is 8.13. The van der Waals surface area contributed by atoms with Crippen LogP contribution in [0.3, 0.4) is 0 Å². The molecule has 1 spiro atoms. The maximum Gasteiger partial charge on any atom is 0.170 e. The largest absolute Gasteiger partial charge is 0.504 e. The summed E-state index contributed by atoms with van der Waals surface area (Å²) in [7, 11) is 0. The van der Waals surface area contributed by atoms with Crippen molar-refractivity contribution in [2.45, 2.75) is 35.3 Å². The van der Waals surface area contributed by atoms with E-state index in [2.05, 4.69) is 32.3 Å². The molecule has 1 aromatic carbocycles. The topological polar surface area (TPSA) is 74.0 Å². The molecule has 0 saturated carbocycles. The fourth-order valence-corrected chi connectivity index (χ4v) is 7.17. The summed E-state index contributed by atoms with van der Waals surface area (Å²) in [6, 6.07) is 0. The van der Waals surface area contributed by atoms with Crippen LogP contribution >= 0.6 is 27.7 Å². The number of anilines is 1. The van der Waals surface area contributed by atoms with Gasteiger partial charge >= 0.3 is 0 Å². The number of hydrogen-bond acceptors (Lipinski definition) is 6. The van der Waals surface area contributed by atoms with Crippen molar-refractivity contribution >= 4 is 56.6 Å². The zero-order valence-electron chi connectivity index (χ0n) is 13.2. The van der Waals surface area contributed by atoms with Crippen LogP contribution in [0.5, 0.6) is 5.75 Å². The van der Waals surface area contributed by atoms with E-state index in [0.717, 1.165) is 35.9 Å². The molecular formula is C18H14BrN3O2S. The molecule has 0 amide bonds. The first-order valence-corrected chi connectivity index (χ1v) is 10.2. The van der Waals surface area contributed by atoms with Crippen LogP contribution in [0.4, 0.5) is 11.4 Å². The molecule has 4 heterocycles. The summed E-state index contributed by atoms with van der Waals surface area (Å²) in [5, 5.41) is 16.4. The zero-order chi connectivity index (χ0) is 16.9. The Morgan fingerprint density at radius 2 is 2.32 bits per heavy atom. The van der Waals surface area contributed by atoms with E-state index >= 15 is 0 Å². The molecular weight excluding hydrogens is 402 g/mol. The average Bonchev–Trinajstić information content (AvgIpc) is 3.13. The van der Waals surface area contributed by atoms with E-state index in [9.17, 15) is 9.90 Å². The van der Waals surface area contributed by atoms with E-state index in [1.165, 1.54) is 5.57 Å². The van der Waals surface area contributed by atoms with E-state index in [1.807, 2.05) is 6.21 Å².